The van der Waals surface area contributed by atoms with E-state index in [4.69, 9.17) is 0 Å². The quantitative estimate of drug-likeness (QED) is 0.711. The molecule has 10 heteroatoms. The number of nitrogens with zero attached hydrogens (tertiary/aromatic N) is 3. The summed E-state index contributed by atoms with van der Waals surface area (Å²) in [4.78, 5) is 2.33. The Morgan fingerprint density at radius 2 is 1.93 bits per heavy atom. The molecule has 29 heavy (non-hydrogen) atoms. The topological polar surface area (TPSA) is 61.3 Å². The predicted octanol–water partition coefficient (Wildman–Crippen LogP) is 4.20. The molecule has 1 fully saturated rings. The molecule has 0 bridgehead atoms. The van der Waals surface area contributed by atoms with E-state index in [0.717, 1.165) is 30.9 Å². The molecule has 162 valence electrons. The van der Waals surface area contributed by atoms with Crippen molar-refractivity contribution in [3.63, 3.8) is 0 Å². The number of halogens is 5. The van der Waals surface area contributed by atoms with Gasteiger partial charge in [0, 0.05) is 24.7 Å². The number of hydrogen-bond acceptors (Lipinski definition) is 5. The molecule has 2 heterocycles. The van der Waals surface area contributed by atoms with Gasteiger partial charge in [-0.25, -0.2) is 0 Å². The summed E-state index contributed by atoms with van der Waals surface area (Å²) >= 11 is 0. The summed E-state index contributed by atoms with van der Waals surface area (Å²) in [6.45, 7) is 4.07. The summed E-state index contributed by atoms with van der Waals surface area (Å²) in [5, 5.41) is 21.6. The highest BCUT2D eigenvalue weighted by molar-refractivity contribution is 5.85. The zero-order valence-electron chi connectivity index (χ0n) is 16.2. The van der Waals surface area contributed by atoms with E-state index >= 15 is 0 Å². The van der Waals surface area contributed by atoms with Gasteiger partial charge in [0.1, 0.15) is 5.75 Å². The third-order valence-corrected chi connectivity index (χ3v) is 4.98. The van der Waals surface area contributed by atoms with Gasteiger partial charge in [-0.05, 0) is 63.2 Å². The summed E-state index contributed by atoms with van der Waals surface area (Å²) in [5.74, 6) is -0.452. The lowest BCUT2D eigenvalue weighted by Gasteiger charge is -2.19. The first-order chi connectivity index (χ1) is 12.8. The fraction of sp³-hybridized carbons (Fsp3) is 0.474. The van der Waals surface area contributed by atoms with Crippen LogP contribution in [0.15, 0.2) is 24.3 Å². The van der Waals surface area contributed by atoms with E-state index in [1.165, 1.54) is 19.8 Å². The van der Waals surface area contributed by atoms with Gasteiger partial charge in [-0.2, -0.15) is 23.4 Å². The maximum absolute atomic E-state index is 12.8. The van der Waals surface area contributed by atoms with Crippen LogP contribution in [0.3, 0.4) is 0 Å². The van der Waals surface area contributed by atoms with E-state index in [2.05, 4.69) is 27.5 Å². The molecular weight excluding hydrogens is 428 g/mol. The first-order valence-corrected chi connectivity index (χ1v) is 8.90. The number of rotatable bonds is 5. The van der Waals surface area contributed by atoms with Crippen molar-refractivity contribution in [2.75, 3.05) is 20.1 Å². The maximum Gasteiger partial charge on any atom is 0.416 e. The number of phenols is 1. The number of alkyl halides is 3. The molecule has 0 radical (unpaired) electrons. The van der Waals surface area contributed by atoms with E-state index in [0.29, 0.717) is 23.8 Å². The fourth-order valence-electron chi connectivity index (χ4n) is 3.46. The van der Waals surface area contributed by atoms with Crippen LogP contribution in [0.4, 0.5) is 13.2 Å². The Kier molecular flexibility index (Phi) is 9.14. The molecule has 0 spiro atoms. The van der Waals surface area contributed by atoms with Gasteiger partial charge in [-0.1, -0.05) is 0 Å². The second-order valence-electron chi connectivity index (χ2n) is 7.00. The molecule has 1 aliphatic rings. The van der Waals surface area contributed by atoms with Gasteiger partial charge in [-0.15, -0.1) is 24.8 Å². The molecule has 0 saturated carbocycles. The lowest BCUT2D eigenvalue weighted by atomic mass is 10.0. The van der Waals surface area contributed by atoms with Gasteiger partial charge in [0.05, 0.1) is 17.0 Å². The molecule has 1 atom stereocenters. The summed E-state index contributed by atoms with van der Waals surface area (Å²) in [6.07, 6.45) is -2.11. The van der Waals surface area contributed by atoms with Crippen LogP contribution >= 0.6 is 24.8 Å². The minimum Gasteiger partial charge on any atom is -0.507 e. The number of nitrogens with one attached hydrogen (secondary N) is 1. The maximum atomic E-state index is 12.8. The van der Waals surface area contributed by atoms with E-state index < -0.39 is 17.5 Å². The Balaban J connectivity index is 0.00000210. The van der Waals surface area contributed by atoms with Gasteiger partial charge >= 0.3 is 6.18 Å². The Morgan fingerprint density at radius 1 is 1.21 bits per heavy atom. The van der Waals surface area contributed by atoms with Crippen molar-refractivity contribution in [1.29, 1.82) is 0 Å². The number of aromatic nitrogens is 2. The predicted molar refractivity (Wildman–Crippen MR) is 111 cm³/mol. The van der Waals surface area contributed by atoms with Gasteiger partial charge in [0.2, 0.25) is 0 Å². The van der Waals surface area contributed by atoms with Gasteiger partial charge in [0.15, 0.2) is 0 Å². The molecule has 5 nitrogen and oxygen atoms in total. The van der Waals surface area contributed by atoms with Crippen molar-refractivity contribution >= 4 is 24.8 Å². The van der Waals surface area contributed by atoms with Crippen LogP contribution in [0.2, 0.25) is 0 Å². The van der Waals surface area contributed by atoms with E-state index in [1.807, 2.05) is 0 Å². The van der Waals surface area contributed by atoms with Gasteiger partial charge < -0.3 is 15.3 Å². The van der Waals surface area contributed by atoms with Gasteiger partial charge in [0.25, 0.3) is 0 Å². The Bertz CT molecular complexity index is 780. The minimum absolute atomic E-state index is 0. The van der Waals surface area contributed by atoms with E-state index in [1.54, 1.807) is 12.1 Å². The summed E-state index contributed by atoms with van der Waals surface area (Å²) < 4.78 is 38.5. The number of aryl methyl sites for hydroxylation is 1. The molecule has 1 saturated heterocycles. The molecule has 1 aliphatic heterocycles. The van der Waals surface area contributed by atoms with Crippen molar-refractivity contribution in [2.45, 2.75) is 38.5 Å². The normalized spacial score (nSPS) is 16.9. The molecule has 3 rings (SSSR count). The largest absolute Gasteiger partial charge is 0.507 e. The molecule has 2 aromatic rings. The average molecular weight is 453 g/mol. The average Bonchev–Trinajstić information content (AvgIpc) is 3.00. The summed E-state index contributed by atoms with van der Waals surface area (Å²) in [6, 6.07) is 5.69. The summed E-state index contributed by atoms with van der Waals surface area (Å²) in [7, 11) is 2.12. The molecule has 0 amide bonds. The molecule has 0 aliphatic carbocycles. The second kappa shape index (κ2) is 10.4. The van der Waals surface area contributed by atoms with E-state index in [-0.39, 0.29) is 30.4 Å². The van der Waals surface area contributed by atoms with Crippen LogP contribution in [-0.2, 0) is 12.7 Å². The highest BCUT2D eigenvalue weighted by Crippen LogP contribution is 2.38. The third-order valence-electron chi connectivity index (χ3n) is 4.98. The molecule has 2 N–H and O–H groups in total. The first kappa shape index (κ1) is 25.4. The van der Waals surface area contributed by atoms with Crippen LogP contribution in [0.5, 0.6) is 5.75 Å². The first-order valence-electron chi connectivity index (χ1n) is 8.90. The smallest absolute Gasteiger partial charge is 0.416 e. The lowest BCUT2D eigenvalue weighted by molar-refractivity contribution is -0.137. The third kappa shape index (κ3) is 6.18. The zero-order chi connectivity index (χ0) is 19.6. The Labute approximate surface area is 180 Å². The second-order valence-corrected chi connectivity index (χ2v) is 7.00. The minimum atomic E-state index is -4.50. The van der Waals surface area contributed by atoms with Crippen LogP contribution < -0.4 is 5.32 Å². The van der Waals surface area contributed by atoms with Crippen molar-refractivity contribution in [1.82, 2.24) is 20.4 Å². The SMILES string of the molecule is Cc1cc(C(F)(F)F)cc(O)c1-c1ccc(CNCC2CCCN2C)nn1.Cl.Cl. The van der Waals surface area contributed by atoms with Crippen LogP contribution in [0, 0.1) is 6.92 Å². The number of phenolic OH excluding ortho intramolecular Hbond substituents is 1. The lowest BCUT2D eigenvalue weighted by Crippen LogP contribution is -2.35. The number of likely N-dealkylation sites (tertiary alicyclic amines) is 1. The Morgan fingerprint density at radius 3 is 2.45 bits per heavy atom. The summed E-state index contributed by atoms with van der Waals surface area (Å²) in [5.41, 5.74) is 0.766. The molecular formula is C19H25Cl2F3N4O. The molecule has 1 unspecified atom stereocenters. The van der Waals surface area contributed by atoms with Crippen molar-refractivity contribution in [2.24, 2.45) is 0 Å². The van der Waals surface area contributed by atoms with Crippen LogP contribution in [0.1, 0.15) is 29.7 Å². The van der Waals surface area contributed by atoms with Crippen molar-refractivity contribution < 1.29 is 18.3 Å². The Hall–Kier alpha value is -1.61. The van der Waals surface area contributed by atoms with Gasteiger partial charge in [-0.3, -0.25) is 0 Å². The number of aromatic hydroxyl groups is 1. The van der Waals surface area contributed by atoms with Crippen molar-refractivity contribution in [3.05, 3.63) is 41.1 Å². The van der Waals surface area contributed by atoms with Crippen LogP contribution in [0.25, 0.3) is 11.3 Å². The fourth-order valence-corrected chi connectivity index (χ4v) is 3.46. The zero-order valence-corrected chi connectivity index (χ0v) is 17.8. The molecule has 1 aromatic carbocycles. The monoisotopic (exact) mass is 452 g/mol. The number of benzene rings is 1. The number of likely N-dealkylation sites (N-methyl/N-ethyl adjacent to an activating group) is 1. The van der Waals surface area contributed by atoms with E-state index in [9.17, 15) is 18.3 Å². The molecule has 1 aromatic heterocycles. The van der Waals surface area contributed by atoms with Crippen molar-refractivity contribution in [3.8, 4) is 17.0 Å². The number of hydrogen-bond donors (Lipinski definition) is 2. The standard InChI is InChI=1S/C19H23F3N4O.2ClH/c1-12-8-13(19(20,21)22)9-17(27)18(12)16-6-5-14(24-25-16)10-23-11-15-4-3-7-26(15)2;;/h5-6,8-9,15,23,27H,3-4,7,10-11H2,1-2H3;2*1H. The van der Waals surface area contributed by atoms with Crippen LogP contribution in [-0.4, -0.2) is 46.4 Å². The highest BCUT2D eigenvalue weighted by atomic mass is 35.5. The highest BCUT2D eigenvalue weighted by Gasteiger charge is 2.32.